The molecular weight excluding hydrogens is 390 g/mol. The standard InChI is InChI=1S/C21H33N3O4S/c1-17-9-10-19(29(26,27)24-11-13-28-14-12-24)15-20(17)22-21(25)16-23(2)18-7-5-3-4-6-8-18/h9-10,15,18H,3-8,11-14,16H2,1-2H3,(H,22,25). The van der Waals surface area contributed by atoms with Crippen LogP contribution in [-0.2, 0) is 19.6 Å². The van der Waals surface area contributed by atoms with Gasteiger partial charge in [-0.15, -0.1) is 0 Å². The fourth-order valence-corrected chi connectivity index (χ4v) is 5.51. The van der Waals surface area contributed by atoms with Crippen molar-refractivity contribution >= 4 is 21.6 Å². The summed E-state index contributed by atoms with van der Waals surface area (Å²) in [6, 6.07) is 5.37. The molecule has 7 nitrogen and oxygen atoms in total. The highest BCUT2D eigenvalue weighted by atomic mass is 32.2. The number of carbonyl (C=O) groups excluding carboxylic acids is 1. The largest absolute Gasteiger partial charge is 0.379 e. The number of amides is 1. The molecule has 1 N–H and O–H groups in total. The third-order valence-electron chi connectivity index (χ3n) is 5.93. The first-order valence-electron chi connectivity index (χ1n) is 10.6. The van der Waals surface area contributed by atoms with Crippen LogP contribution in [0.4, 0.5) is 5.69 Å². The van der Waals surface area contributed by atoms with E-state index >= 15 is 0 Å². The number of hydrogen-bond acceptors (Lipinski definition) is 5. The maximum atomic E-state index is 12.9. The van der Waals surface area contributed by atoms with Gasteiger partial charge in [0.15, 0.2) is 0 Å². The van der Waals surface area contributed by atoms with Crippen molar-refractivity contribution in [2.75, 3.05) is 45.2 Å². The molecule has 0 radical (unpaired) electrons. The zero-order valence-corrected chi connectivity index (χ0v) is 18.3. The molecule has 1 aromatic carbocycles. The first-order chi connectivity index (χ1) is 13.9. The Morgan fingerprint density at radius 3 is 2.48 bits per heavy atom. The monoisotopic (exact) mass is 423 g/mol. The Labute approximate surface area is 174 Å². The third kappa shape index (κ3) is 5.78. The van der Waals surface area contributed by atoms with Crippen molar-refractivity contribution in [3.05, 3.63) is 23.8 Å². The number of carbonyl (C=O) groups is 1. The van der Waals surface area contributed by atoms with E-state index in [2.05, 4.69) is 10.2 Å². The summed E-state index contributed by atoms with van der Waals surface area (Å²) in [5, 5.41) is 2.92. The van der Waals surface area contributed by atoms with Gasteiger partial charge in [-0.05, 0) is 44.5 Å². The first-order valence-corrected chi connectivity index (χ1v) is 12.0. The van der Waals surface area contributed by atoms with Crippen LogP contribution in [0.5, 0.6) is 0 Å². The Hall–Kier alpha value is -1.48. The molecule has 0 atom stereocenters. The molecular formula is C21H33N3O4S. The average Bonchev–Trinajstić information content (AvgIpc) is 3.00. The molecule has 162 valence electrons. The number of ether oxygens (including phenoxy) is 1. The molecule has 1 aliphatic carbocycles. The topological polar surface area (TPSA) is 79.0 Å². The van der Waals surface area contributed by atoms with E-state index in [0.29, 0.717) is 44.6 Å². The van der Waals surface area contributed by atoms with Gasteiger partial charge in [-0.1, -0.05) is 31.7 Å². The molecule has 0 bridgehead atoms. The number of nitrogens with one attached hydrogen (secondary N) is 1. The van der Waals surface area contributed by atoms with Crippen molar-refractivity contribution in [2.45, 2.75) is 56.4 Å². The first kappa shape index (κ1) is 22.2. The van der Waals surface area contributed by atoms with Crippen LogP contribution >= 0.6 is 0 Å². The smallest absolute Gasteiger partial charge is 0.243 e. The lowest BCUT2D eigenvalue weighted by Gasteiger charge is -2.27. The molecule has 1 aliphatic heterocycles. The summed E-state index contributed by atoms with van der Waals surface area (Å²) in [6.07, 6.45) is 7.26. The van der Waals surface area contributed by atoms with Gasteiger partial charge in [0.25, 0.3) is 0 Å². The van der Waals surface area contributed by atoms with Crippen LogP contribution in [0, 0.1) is 6.92 Å². The molecule has 1 saturated heterocycles. The van der Waals surface area contributed by atoms with E-state index in [0.717, 1.165) is 18.4 Å². The van der Waals surface area contributed by atoms with E-state index in [-0.39, 0.29) is 10.8 Å². The minimum absolute atomic E-state index is 0.110. The highest BCUT2D eigenvalue weighted by molar-refractivity contribution is 7.89. The van der Waals surface area contributed by atoms with Gasteiger partial charge < -0.3 is 10.1 Å². The van der Waals surface area contributed by atoms with Crippen LogP contribution in [-0.4, -0.2) is 69.5 Å². The molecule has 8 heteroatoms. The maximum absolute atomic E-state index is 12.9. The summed E-state index contributed by atoms with van der Waals surface area (Å²) in [5.41, 5.74) is 1.40. The van der Waals surface area contributed by atoms with Crippen molar-refractivity contribution in [2.24, 2.45) is 0 Å². The predicted molar refractivity (Wildman–Crippen MR) is 114 cm³/mol. The molecule has 1 saturated carbocycles. The van der Waals surface area contributed by atoms with Gasteiger partial charge in [-0.3, -0.25) is 9.69 Å². The van der Waals surface area contributed by atoms with Crippen LogP contribution < -0.4 is 5.32 Å². The highest BCUT2D eigenvalue weighted by Gasteiger charge is 2.27. The zero-order chi connectivity index (χ0) is 20.9. The van der Waals surface area contributed by atoms with E-state index in [9.17, 15) is 13.2 Å². The Morgan fingerprint density at radius 2 is 1.83 bits per heavy atom. The van der Waals surface area contributed by atoms with Gasteiger partial charge >= 0.3 is 0 Å². The van der Waals surface area contributed by atoms with E-state index in [1.165, 1.54) is 30.0 Å². The molecule has 0 spiro atoms. The Kier molecular flexibility index (Phi) is 7.67. The van der Waals surface area contributed by atoms with E-state index in [1.807, 2.05) is 14.0 Å². The Bertz CT molecular complexity index is 798. The van der Waals surface area contributed by atoms with Gasteiger partial charge in [-0.2, -0.15) is 4.31 Å². The molecule has 1 amide bonds. The molecule has 2 aliphatic rings. The lowest BCUT2D eigenvalue weighted by Crippen LogP contribution is -2.40. The van der Waals surface area contributed by atoms with E-state index < -0.39 is 10.0 Å². The molecule has 3 rings (SSSR count). The molecule has 29 heavy (non-hydrogen) atoms. The fraction of sp³-hybridized carbons (Fsp3) is 0.667. The average molecular weight is 424 g/mol. The normalized spacial score (nSPS) is 19.8. The van der Waals surface area contributed by atoms with Gasteiger partial charge in [-0.25, -0.2) is 8.42 Å². The maximum Gasteiger partial charge on any atom is 0.243 e. The molecule has 1 aromatic rings. The number of nitrogens with zero attached hydrogens (tertiary/aromatic N) is 2. The van der Waals surface area contributed by atoms with Crippen molar-refractivity contribution in [1.29, 1.82) is 0 Å². The zero-order valence-electron chi connectivity index (χ0n) is 17.5. The molecule has 0 aromatic heterocycles. The van der Waals surface area contributed by atoms with E-state index in [1.54, 1.807) is 18.2 Å². The van der Waals surface area contributed by atoms with Crippen molar-refractivity contribution in [1.82, 2.24) is 9.21 Å². The molecule has 0 unspecified atom stereocenters. The number of likely N-dealkylation sites (N-methyl/N-ethyl adjacent to an activating group) is 1. The molecule has 1 heterocycles. The summed E-state index contributed by atoms with van der Waals surface area (Å²) in [4.78, 5) is 15.0. The summed E-state index contributed by atoms with van der Waals surface area (Å²) >= 11 is 0. The number of benzene rings is 1. The fourth-order valence-electron chi connectivity index (χ4n) is 4.08. The number of rotatable bonds is 6. The Balaban J connectivity index is 1.67. The van der Waals surface area contributed by atoms with E-state index in [4.69, 9.17) is 4.74 Å². The van der Waals surface area contributed by atoms with Crippen LogP contribution in [0.3, 0.4) is 0 Å². The number of morpholine rings is 1. The summed E-state index contributed by atoms with van der Waals surface area (Å²) in [5.74, 6) is -0.110. The van der Waals surface area contributed by atoms with Gasteiger partial charge in [0.05, 0.1) is 24.7 Å². The molecule has 2 fully saturated rings. The van der Waals surface area contributed by atoms with Crippen molar-refractivity contribution in [3.8, 4) is 0 Å². The lowest BCUT2D eigenvalue weighted by molar-refractivity contribution is -0.117. The number of aryl methyl sites for hydroxylation is 1. The van der Waals surface area contributed by atoms with Gasteiger partial charge in [0, 0.05) is 24.8 Å². The number of anilines is 1. The second kappa shape index (κ2) is 10.0. The van der Waals surface area contributed by atoms with Crippen LogP contribution in [0.25, 0.3) is 0 Å². The summed E-state index contributed by atoms with van der Waals surface area (Å²) < 4.78 is 32.5. The quantitative estimate of drug-likeness (QED) is 0.712. The van der Waals surface area contributed by atoms with Gasteiger partial charge in [0.1, 0.15) is 0 Å². The van der Waals surface area contributed by atoms with Crippen molar-refractivity contribution in [3.63, 3.8) is 0 Å². The Morgan fingerprint density at radius 1 is 1.17 bits per heavy atom. The SMILES string of the molecule is Cc1ccc(S(=O)(=O)N2CCOCC2)cc1NC(=O)CN(C)C1CCCCCC1. The highest BCUT2D eigenvalue weighted by Crippen LogP contribution is 2.24. The summed E-state index contributed by atoms with van der Waals surface area (Å²) in [7, 11) is -1.59. The van der Waals surface area contributed by atoms with Crippen molar-refractivity contribution < 1.29 is 17.9 Å². The van der Waals surface area contributed by atoms with Crippen LogP contribution in [0.1, 0.15) is 44.1 Å². The third-order valence-corrected chi connectivity index (χ3v) is 7.83. The second-order valence-corrected chi connectivity index (χ2v) is 10.0. The summed E-state index contributed by atoms with van der Waals surface area (Å²) in [6.45, 7) is 3.69. The number of sulfonamides is 1. The lowest BCUT2D eigenvalue weighted by atomic mass is 10.1. The van der Waals surface area contributed by atoms with Gasteiger partial charge in [0.2, 0.25) is 15.9 Å². The minimum atomic E-state index is -3.59. The second-order valence-electron chi connectivity index (χ2n) is 8.10. The van der Waals surface area contributed by atoms with Crippen LogP contribution in [0.2, 0.25) is 0 Å². The van der Waals surface area contributed by atoms with Crippen LogP contribution in [0.15, 0.2) is 23.1 Å². The predicted octanol–water partition coefficient (Wildman–Crippen LogP) is 2.61. The number of hydrogen-bond donors (Lipinski definition) is 1. The minimum Gasteiger partial charge on any atom is -0.379 e.